The van der Waals surface area contributed by atoms with E-state index in [-0.39, 0.29) is 5.54 Å². The Morgan fingerprint density at radius 2 is 1.93 bits per heavy atom. The van der Waals surface area contributed by atoms with Gasteiger partial charge < -0.3 is 10.1 Å². The number of benzene rings is 1. The summed E-state index contributed by atoms with van der Waals surface area (Å²) in [5, 5.41) is 3.29. The number of hydrogen-bond donors (Lipinski definition) is 1. The molecule has 0 heterocycles. The second-order valence-electron chi connectivity index (χ2n) is 4.01. The Balaban J connectivity index is 3.22. The van der Waals surface area contributed by atoms with Crippen molar-refractivity contribution < 1.29 is 4.74 Å². The van der Waals surface area contributed by atoms with Crippen LogP contribution in [0.15, 0.2) is 18.2 Å². The maximum absolute atomic E-state index is 5.30. The number of hydrogen-bond acceptors (Lipinski definition) is 2. The van der Waals surface area contributed by atoms with E-state index in [1.807, 2.05) is 19.2 Å². The molecule has 1 N–H and O–H groups in total. The fourth-order valence-corrected chi connectivity index (χ4v) is 1.65. The summed E-state index contributed by atoms with van der Waals surface area (Å²) in [7, 11) is 3.68. The van der Waals surface area contributed by atoms with Gasteiger partial charge in [0.2, 0.25) is 0 Å². The van der Waals surface area contributed by atoms with Crippen LogP contribution in [0.25, 0.3) is 0 Å². The Labute approximate surface area is 86.3 Å². The molecular formula is C12H19NO. The molecule has 1 aromatic carbocycles. The molecule has 0 spiro atoms. The van der Waals surface area contributed by atoms with Crippen LogP contribution in [0.4, 0.5) is 0 Å². The first-order valence-corrected chi connectivity index (χ1v) is 4.86. The smallest absolute Gasteiger partial charge is 0.122 e. The van der Waals surface area contributed by atoms with Gasteiger partial charge in [0.25, 0.3) is 0 Å². The molecule has 0 saturated heterocycles. The summed E-state index contributed by atoms with van der Waals surface area (Å²) in [5.74, 6) is 0.950. The van der Waals surface area contributed by atoms with E-state index < -0.39 is 0 Å². The van der Waals surface area contributed by atoms with Gasteiger partial charge in [0, 0.05) is 5.54 Å². The fourth-order valence-electron chi connectivity index (χ4n) is 1.65. The van der Waals surface area contributed by atoms with Gasteiger partial charge in [-0.3, -0.25) is 0 Å². The molecule has 14 heavy (non-hydrogen) atoms. The molecule has 0 aliphatic rings. The molecule has 0 amide bonds. The van der Waals surface area contributed by atoms with Crippen molar-refractivity contribution in [1.82, 2.24) is 5.32 Å². The Hall–Kier alpha value is -1.02. The fraction of sp³-hybridized carbons (Fsp3) is 0.500. The van der Waals surface area contributed by atoms with Gasteiger partial charge >= 0.3 is 0 Å². The molecule has 1 aromatic rings. The van der Waals surface area contributed by atoms with Crippen LogP contribution in [0.2, 0.25) is 0 Å². The molecule has 0 fully saturated rings. The number of methoxy groups -OCH3 is 1. The predicted molar refractivity (Wildman–Crippen MR) is 59.8 cm³/mol. The maximum Gasteiger partial charge on any atom is 0.122 e. The molecule has 2 nitrogen and oxygen atoms in total. The van der Waals surface area contributed by atoms with Gasteiger partial charge in [-0.25, -0.2) is 0 Å². The third-order valence-corrected chi connectivity index (χ3v) is 2.80. The summed E-state index contributed by atoms with van der Waals surface area (Å²) in [6.45, 7) is 6.41. The molecule has 0 radical (unpaired) electrons. The third kappa shape index (κ3) is 1.90. The van der Waals surface area contributed by atoms with Crippen LogP contribution in [0.5, 0.6) is 5.75 Å². The van der Waals surface area contributed by atoms with E-state index in [1.54, 1.807) is 7.11 Å². The van der Waals surface area contributed by atoms with Crippen LogP contribution in [-0.2, 0) is 5.54 Å². The van der Waals surface area contributed by atoms with Crippen LogP contribution in [0.3, 0.4) is 0 Å². The Bertz CT molecular complexity index is 318. The summed E-state index contributed by atoms with van der Waals surface area (Å²) < 4.78 is 5.30. The van der Waals surface area contributed by atoms with Crippen molar-refractivity contribution in [2.75, 3.05) is 14.2 Å². The van der Waals surface area contributed by atoms with Crippen molar-refractivity contribution in [3.05, 3.63) is 29.3 Å². The minimum atomic E-state index is -0.0153. The van der Waals surface area contributed by atoms with Crippen LogP contribution in [-0.4, -0.2) is 14.2 Å². The lowest BCUT2D eigenvalue weighted by molar-refractivity contribution is 0.401. The van der Waals surface area contributed by atoms with Crippen molar-refractivity contribution in [2.45, 2.75) is 26.3 Å². The molecule has 0 aliphatic heterocycles. The van der Waals surface area contributed by atoms with Crippen molar-refractivity contribution in [2.24, 2.45) is 0 Å². The highest BCUT2D eigenvalue weighted by atomic mass is 16.5. The van der Waals surface area contributed by atoms with Crippen LogP contribution in [0.1, 0.15) is 25.0 Å². The number of ether oxygens (including phenoxy) is 1. The van der Waals surface area contributed by atoms with E-state index in [2.05, 4.69) is 32.2 Å². The Kier molecular flexibility index (Phi) is 3.17. The first kappa shape index (κ1) is 11.1. The van der Waals surface area contributed by atoms with Gasteiger partial charge in [0.05, 0.1) is 7.11 Å². The van der Waals surface area contributed by atoms with Crippen LogP contribution >= 0.6 is 0 Å². The highest BCUT2D eigenvalue weighted by Crippen LogP contribution is 2.28. The van der Waals surface area contributed by atoms with Gasteiger partial charge in [-0.1, -0.05) is 12.1 Å². The highest BCUT2D eigenvalue weighted by Gasteiger charge is 2.20. The highest BCUT2D eigenvalue weighted by molar-refractivity contribution is 5.42. The lowest BCUT2D eigenvalue weighted by Crippen LogP contribution is -2.33. The zero-order chi connectivity index (χ0) is 10.8. The average Bonchev–Trinajstić information content (AvgIpc) is 2.18. The first-order chi connectivity index (χ1) is 6.53. The average molecular weight is 193 g/mol. The SMILES string of the molecule is CNC(C)(C)c1cccc(OC)c1C. The van der Waals surface area contributed by atoms with Gasteiger partial charge in [0.15, 0.2) is 0 Å². The normalized spacial score (nSPS) is 11.5. The minimum Gasteiger partial charge on any atom is -0.496 e. The monoisotopic (exact) mass is 193 g/mol. The van der Waals surface area contributed by atoms with E-state index in [4.69, 9.17) is 4.74 Å². The van der Waals surface area contributed by atoms with E-state index >= 15 is 0 Å². The molecule has 0 saturated carbocycles. The molecule has 0 aliphatic carbocycles. The first-order valence-electron chi connectivity index (χ1n) is 4.86. The van der Waals surface area contributed by atoms with Gasteiger partial charge in [0.1, 0.15) is 5.75 Å². The molecule has 0 aromatic heterocycles. The molecule has 0 unspecified atom stereocenters. The maximum atomic E-state index is 5.30. The molecule has 78 valence electrons. The van der Waals surface area contributed by atoms with Crippen molar-refractivity contribution in [3.63, 3.8) is 0 Å². The van der Waals surface area contributed by atoms with Crippen LogP contribution in [0, 0.1) is 6.92 Å². The van der Waals surface area contributed by atoms with E-state index in [1.165, 1.54) is 11.1 Å². The van der Waals surface area contributed by atoms with E-state index in [9.17, 15) is 0 Å². The van der Waals surface area contributed by atoms with E-state index in [0.717, 1.165) is 5.75 Å². The van der Waals surface area contributed by atoms with Crippen molar-refractivity contribution >= 4 is 0 Å². The number of rotatable bonds is 3. The molecule has 2 heteroatoms. The summed E-state index contributed by atoms with van der Waals surface area (Å²) >= 11 is 0. The summed E-state index contributed by atoms with van der Waals surface area (Å²) in [4.78, 5) is 0. The second kappa shape index (κ2) is 4.01. The zero-order valence-corrected chi connectivity index (χ0v) is 9.64. The van der Waals surface area contributed by atoms with Crippen molar-refractivity contribution in [3.8, 4) is 5.75 Å². The number of nitrogens with one attached hydrogen (secondary N) is 1. The largest absolute Gasteiger partial charge is 0.496 e. The summed E-state index contributed by atoms with van der Waals surface area (Å²) in [6, 6.07) is 6.15. The van der Waals surface area contributed by atoms with Gasteiger partial charge in [-0.2, -0.15) is 0 Å². The van der Waals surface area contributed by atoms with Crippen molar-refractivity contribution in [1.29, 1.82) is 0 Å². The minimum absolute atomic E-state index is 0.0153. The predicted octanol–water partition coefficient (Wildman–Crippen LogP) is 2.46. The summed E-state index contributed by atoms with van der Waals surface area (Å²) in [5.41, 5.74) is 2.47. The van der Waals surface area contributed by atoms with Gasteiger partial charge in [-0.05, 0) is 45.0 Å². The molecule has 0 bridgehead atoms. The topological polar surface area (TPSA) is 21.3 Å². The standard InChI is InChI=1S/C12H19NO/c1-9-10(12(2,3)13-4)7-6-8-11(9)14-5/h6-8,13H,1-5H3. The van der Waals surface area contributed by atoms with Crippen LogP contribution < -0.4 is 10.1 Å². The second-order valence-corrected chi connectivity index (χ2v) is 4.01. The zero-order valence-electron chi connectivity index (χ0n) is 9.64. The quantitative estimate of drug-likeness (QED) is 0.796. The lowest BCUT2D eigenvalue weighted by atomic mass is 9.90. The molecular weight excluding hydrogens is 174 g/mol. The molecule has 1 rings (SSSR count). The molecule has 0 atom stereocenters. The van der Waals surface area contributed by atoms with Gasteiger partial charge in [-0.15, -0.1) is 0 Å². The summed E-state index contributed by atoms with van der Waals surface area (Å²) in [6.07, 6.45) is 0. The van der Waals surface area contributed by atoms with E-state index in [0.29, 0.717) is 0 Å². The lowest BCUT2D eigenvalue weighted by Gasteiger charge is -2.27. The Morgan fingerprint density at radius 1 is 1.29 bits per heavy atom. The third-order valence-electron chi connectivity index (χ3n) is 2.80. The Morgan fingerprint density at radius 3 is 2.43 bits per heavy atom.